The molecule has 40 heavy (non-hydrogen) atoms. The van der Waals surface area contributed by atoms with Crippen LogP contribution >= 0.6 is 0 Å². The second-order valence-corrected chi connectivity index (χ2v) is 8.97. The van der Waals surface area contributed by atoms with E-state index in [0.29, 0.717) is 6.54 Å². The molecule has 1 unspecified atom stereocenters. The molecule has 210 valence electrons. The van der Waals surface area contributed by atoms with Crippen molar-refractivity contribution in [2.45, 2.75) is 44.4 Å². The maximum absolute atomic E-state index is 12.9. The van der Waals surface area contributed by atoms with Crippen molar-refractivity contribution in [2.24, 2.45) is 0 Å². The predicted octanol–water partition coefficient (Wildman–Crippen LogP) is 2.61. The van der Waals surface area contributed by atoms with Crippen LogP contribution in [0.4, 0.5) is 10.6 Å². The number of ether oxygens (including phenoxy) is 4. The first kappa shape index (κ1) is 27.3. The number of carboxylic acid groups (broad SMARTS) is 1. The maximum atomic E-state index is 12.9. The highest BCUT2D eigenvalue weighted by Gasteiger charge is 2.53. The molecule has 2 aromatic heterocycles. The smallest absolute Gasteiger partial charge is 0.351 e. The van der Waals surface area contributed by atoms with Gasteiger partial charge in [0, 0.05) is 12.7 Å². The van der Waals surface area contributed by atoms with Gasteiger partial charge in [-0.2, -0.15) is 4.98 Å². The van der Waals surface area contributed by atoms with Crippen molar-refractivity contribution < 1.29 is 38.1 Å². The molecule has 5 rings (SSSR count). The van der Waals surface area contributed by atoms with Gasteiger partial charge in [-0.1, -0.05) is 36.4 Å². The summed E-state index contributed by atoms with van der Waals surface area (Å²) in [5.74, 6) is -0.870. The van der Waals surface area contributed by atoms with Crippen LogP contribution in [-0.2, 0) is 25.6 Å². The number of nitrogens with one attached hydrogen (secondary N) is 2. The second-order valence-electron chi connectivity index (χ2n) is 8.97. The number of fused-ring (bicyclic) bond motifs is 1. The summed E-state index contributed by atoms with van der Waals surface area (Å²) < 4.78 is 30.6. The molecular formula is C27H28N4O9. The van der Waals surface area contributed by atoms with E-state index in [2.05, 4.69) is 15.6 Å². The summed E-state index contributed by atoms with van der Waals surface area (Å²) in [5, 5.41) is 14.3. The first-order valence-corrected chi connectivity index (χ1v) is 12.6. The van der Waals surface area contributed by atoms with E-state index in [9.17, 15) is 19.5 Å². The summed E-state index contributed by atoms with van der Waals surface area (Å²) in [4.78, 5) is 40.0. The molecule has 0 saturated carbocycles. The first-order valence-electron chi connectivity index (χ1n) is 12.6. The largest absolute Gasteiger partial charge is 0.478 e. The highest BCUT2D eigenvalue weighted by molar-refractivity contribution is 5.88. The molecule has 0 radical (unpaired) electrons. The van der Waals surface area contributed by atoms with Crippen LogP contribution in [0.25, 0.3) is 6.08 Å². The van der Waals surface area contributed by atoms with Crippen LogP contribution in [0.1, 0.15) is 34.8 Å². The molecule has 3 N–H and O–H groups in total. The van der Waals surface area contributed by atoms with Crippen molar-refractivity contribution in [3.63, 3.8) is 0 Å². The van der Waals surface area contributed by atoms with Crippen LogP contribution in [-0.4, -0.2) is 64.4 Å². The third-order valence-corrected chi connectivity index (χ3v) is 6.29. The molecule has 0 spiro atoms. The van der Waals surface area contributed by atoms with Gasteiger partial charge in [-0.3, -0.25) is 9.88 Å². The number of carboxylic acids is 1. The van der Waals surface area contributed by atoms with Crippen molar-refractivity contribution in [2.75, 3.05) is 18.5 Å². The lowest BCUT2D eigenvalue weighted by atomic mass is 10.1. The molecule has 2 saturated heterocycles. The topological polar surface area (TPSA) is 163 Å². The maximum Gasteiger partial charge on any atom is 0.351 e. The highest BCUT2D eigenvalue weighted by atomic mass is 16.8. The number of carbonyl (C=O) groups excluding carboxylic acids is 1. The fraction of sp³-hybridized carbons (Fsp3) is 0.333. The third-order valence-electron chi connectivity index (χ3n) is 6.29. The van der Waals surface area contributed by atoms with Crippen LogP contribution in [0.2, 0.25) is 0 Å². The van der Waals surface area contributed by atoms with Crippen molar-refractivity contribution in [3.8, 4) is 0 Å². The molecule has 0 aliphatic carbocycles. The summed E-state index contributed by atoms with van der Waals surface area (Å²) in [6.07, 6.45) is 2.82. The SMILES string of the molecule is CCNC(=O)Nc1ccn([C@@H]2O[C@H](COCc3occc3C(=O)O)C3O[C@H](/C=C/c4ccccc4)O[C@@H]32)c(=O)n1. The number of hydrogen-bond donors (Lipinski definition) is 3. The number of rotatable bonds is 10. The average Bonchev–Trinajstić information content (AvgIpc) is 3.65. The molecular weight excluding hydrogens is 524 g/mol. The Morgan fingerprint density at radius 3 is 2.67 bits per heavy atom. The number of benzene rings is 1. The van der Waals surface area contributed by atoms with Crippen LogP contribution in [0.5, 0.6) is 0 Å². The van der Waals surface area contributed by atoms with Gasteiger partial charge in [0.25, 0.3) is 0 Å². The summed E-state index contributed by atoms with van der Waals surface area (Å²) >= 11 is 0. The Balaban J connectivity index is 1.32. The molecule has 2 amide bonds. The van der Waals surface area contributed by atoms with Gasteiger partial charge in [0.2, 0.25) is 0 Å². The number of anilines is 1. The monoisotopic (exact) mass is 552 g/mol. The minimum absolute atomic E-state index is 0.00796. The van der Waals surface area contributed by atoms with Crippen molar-refractivity contribution in [3.05, 3.63) is 88.4 Å². The van der Waals surface area contributed by atoms with E-state index in [0.717, 1.165) is 5.56 Å². The zero-order valence-corrected chi connectivity index (χ0v) is 21.5. The third kappa shape index (κ3) is 6.13. The molecule has 2 aliphatic rings. The van der Waals surface area contributed by atoms with Gasteiger partial charge in [0.15, 0.2) is 12.5 Å². The lowest BCUT2D eigenvalue weighted by molar-refractivity contribution is -0.141. The van der Waals surface area contributed by atoms with Gasteiger partial charge in [0.05, 0.1) is 12.9 Å². The number of hydrogen-bond acceptors (Lipinski definition) is 9. The summed E-state index contributed by atoms with van der Waals surface area (Å²) in [5.41, 5.74) is 0.310. The fourth-order valence-corrected chi connectivity index (χ4v) is 4.47. The standard InChI is InChI=1S/C27H28N4O9/c1-2-28-26(34)29-20-10-12-31(27(35)30-20)24-23-22(39-21(40-23)9-8-16-6-4-3-5-7-16)19(38-24)15-36-14-18-17(25(32)33)11-13-37-18/h3-13,19,21-24H,2,14-15H2,1H3,(H,32,33)(H2,28,29,30,34,35)/b9-8+/t19-,21+,22?,23+,24-/m1/s1. The number of urea groups is 1. The van der Waals surface area contributed by atoms with Gasteiger partial charge in [-0.15, -0.1) is 0 Å². The molecule has 5 atom stereocenters. The van der Waals surface area contributed by atoms with E-state index in [1.807, 2.05) is 36.4 Å². The minimum atomic E-state index is -1.12. The van der Waals surface area contributed by atoms with Crippen molar-refractivity contribution >= 4 is 23.9 Å². The first-order chi connectivity index (χ1) is 19.4. The van der Waals surface area contributed by atoms with Gasteiger partial charge in [-0.05, 0) is 30.7 Å². The molecule has 1 aromatic carbocycles. The van der Waals surface area contributed by atoms with E-state index in [1.165, 1.54) is 29.2 Å². The van der Waals surface area contributed by atoms with Crippen molar-refractivity contribution in [1.82, 2.24) is 14.9 Å². The minimum Gasteiger partial charge on any atom is -0.478 e. The Bertz CT molecular complexity index is 1420. The van der Waals surface area contributed by atoms with Gasteiger partial charge >= 0.3 is 17.7 Å². The Kier molecular flexibility index (Phi) is 8.36. The molecule has 2 aliphatic heterocycles. The molecule has 13 nitrogen and oxygen atoms in total. The number of carbonyl (C=O) groups is 2. The second kappa shape index (κ2) is 12.3. The zero-order chi connectivity index (χ0) is 28.1. The number of aromatic carboxylic acids is 1. The van der Waals surface area contributed by atoms with E-state index < -0.39 is 48.5 Å². The van der Waals surface area contributed by atoms with Gasteiger partial charge < -0.3 is 33.8 Å². The number of amides is 2. The molecule has 0 bridgehead atoms. The Morgan fingerprint density at radius 1 is 1.12 bits per heavy atom. The van der Waals surface area contributed by atoms with Gasteiger partial charge in [0.1, 0.15) is 42.1 Å². The lowest BCUT2D eigenvalue weighted by Crippen LogP contribution is -2.35. The number of furan rings is 1. The van der Waals surface area contributed by atoms with Gasteiger partial charge in [-0.25, -0.2) is 14.4 Å². The van der Waals surface area contributed by atoms with E-state index in [4.69, 9.17) is 23.4 Å². The molecule has 3 aromatic rings. The van der Waals surface area contributed by atoms with Crippen molar-refractivity contribution in [1.29, 1.82) is 0 Å². The number of aromatic nitrogens is 2. The Morgan fingerprint density at radius 2 is 1.93 bits per heavy atom. The van der Waals surface area contributed by atoms with Crippen LogP contribution < -0.4 is 16.3 Å². The molecule has 2 fully saturated rings. The molecule has 4 heterocycles. The summed E-state index contributed by atoms with van der Waals surface area (Å²) in [7, 11) is 0. The van der Waals surface area contributed by atoms with E-state index >= 15 is 0 Å². The van der Waals surface area contributed by atoms with E-state index in [1.54, 1.807) is 13.0 Å². The fourth-order valence-electron chi connectivity index (χ4n) is 4.47. The number of nitrogens with zero attached hydrogens (tertiary/aromatic N) is 2. The normalized spacial score (nSPS) is 23.8. The van der Waals surface area contributed by atoms with E-state index in [-0.39, 0.29) is 30.4 Å². The predicted molar refractivity (Wildman–Crippen MR) is 139 cm³/mol. The lowest BCUT2D eigenvalue weighted by Gasteiger charge is -2.20. The zero-order valence-electron chi connectivity index (χ0n) is 21.5. The summed E-state index contributed by atoms with van der Waals surface area (Å²) in [6, 6.07) is 12.0. The van der Waals surface area contributed by atoms with Crippen LogP contribution in [0.3, 0.4) is 0 Å². The molecule has 13 heteroatoms. The quantitative estimate of drug-likeness (QED) is 0.341. The highest BCUT2D eigenvalue weighted by Crippen LogP contribution is 2.39. The Labute approximate surface area is 228 Å². The summed E-state index contributed by atoms with van der Waals surface area (Å²) in [6.45, 7) is 2.09. The Hall–Kier alpha value is -4.30. The van der Waals surface area contributed by atoms with Crippen LogP contribution in [0.15, 0.2) is 70.2 Å². The average molecular weight is 553 g/mol. The van der Waals surface area contributed by atoms with Crippen LogP contribution in [0, 0.1) is 0 Å².